The van der Waals surface area contributed by atoms with E-state index in [4.69, 9.17) is 5.11 Å². The predicted molar refractivity (Wildman–Crippen MR) is 78.4 cm³/mol. The summed E-state index contributed by atoms with van der Waals surface area (Å²) in [6.45, 7) is 0. The van der Waals surface area contributed by atoms with E-state index in [-0.39, 0.29) is 6.42 Å². The molecule has 2 aromatic heterocycles. The van der Waals surface area contributed by atoms with Gasteiger partial charge in [-0.1, -0.05) is 35.5 Å². The zero-order valence-electron chi connectivity index (χ0n) is 11.0. The molecule has 106 valence electrons. The first-order chi connectivity index (χ1) is 10.2. The van der Waals surface area contributed by atoms with Crippen molar-refractivity contribution in [1.82, 2.24) is 20.0 Å². The van der Waals surface area contributed by atoms with Gasteiger partial charge in [-0.3, -0.25) is 4.79 Å². The fourth-order valence-corrected chi connectivity index (χ4v) is 2.61. The molecule has 0 saturated carbocycles. The smallest absolute Gasteiger partial charge is 0.303 e. The number of thiazole rings is 1. The topological polar surface area (TPSA) is 80.9 Å². The van der Waals surface area contributed by atoms with E-state index >= 15 is 0 Å². The summed E-state index contributed by atoms with van der Waals surface area (Å²) in [5, 5.41) is 19.3. The fourth-order valence-electron chi connectivity index (χ4n) is 1.85. The van der Waals surface area contributed by atoms with Gasteiger partial charge in [0.2, 0.25) is 5.13 Å². The summed E-state index contributed by atoms with van der Waals surface area (Å²) in [5.74, 6) is -0.842. The van der Waals surface area contributed by atoms with E-state index in [2.05, 4.69) is 15.3 Å². The molecule has 0 amide bonds. The summed E-state index contributed by atoms with van der Waals surface area (Å²) in [5.41, 5.74) is 2.58. The van der Waals surface area contributed by atoms with E-state index in [0.29, 0.717) is 17.2 Å². The summed E-state index contributed by atoms with van der Waals surface area (Å²) >= 11 is 1.47. The van der Waals surface area contributed by atoms with Gasteiger partial charge in [0, 0.05) is 17.4 Å². The Bertz CT molecular complexity index is 751. The molecule has 0 radical (unpaired) electrons. The van der Waals surface area contributed by atoms with Gasteiger partial charge >= 0.3 is 5.97 Å². The molecular formula is C14H12N4O2S. The molecule has 3 rings (SSSR count). The zero-order chi connectivity index (χ0) is 14.7. The largest absolute Gasteiger partial charge is 0.481 e. The molecule has 1 N–H and O–H groups in total. The highest BCUT2D eigenvalue weighted by molar-refractivity contribution is 7.12. The first kappa shape index (κ1) is 13.4. The molecule has 0 fully saturated rings. The van der Waals surface area contributed by atoms with Gasteiger partial charge in [0.1, 0.15) is 0 Å². The van der Waals surface area contributed by atoms with Crippen LogP contribution < -0.4 is 0 Å². The molecule has 1 aromatic carbocycles. The Hall–Kier alpha value is -2.54. The second-order valence-corrected chi connectivity index (χ2v) is 5.27. The summed E-state index contributed by atoms with van der Waals surface area (Å²) in [4.78, 5) is 15.1. The van der Waals surface area contributed by atoms with Crippen LogP contribution in [-0.4, -0.2) is 31.1 Å². The molecule has 0 atom stereocenters. The van der Waals surface area contributed by atoms with Crippen molar-refractivity contribution in [2.24, 2.45) is 0 Å². The van der Waals surface area contributed by atoms with Crippen LogP contribution in [0.4, 0.5) is 0 Å². The molecule has 0 aliphatic rings. The Morgan fingerprint density at radius 2 is 2.10 bits per heavy atom. The standard InChI is InChI=1S/C14H12N4O2S/c19-13(20)7-6-11-8-18(17-16-11)14-15-12(9-21-14)10-4-2-1-3-5-10/h1-5,8-9H,6-7H2,(H,19,20). The maximum absolute atomic E-state index is 10.5. The first-order valence-electron chi connectivity index (χ1n) is 6.37. The molecule has 6 nitrogen and oxygen atoms in total. The van der Waals surface area contributed by atoms with Crippen LogP contribution >= 0.6 is 11.3 Å². The Kier molecular flexibility index (Phi) is 3.74. The van der Waals surface area contributed by atoms with Crippen molar-refractivity contribution in [2.75, 3.05) is 0 Å². The molecule has 0 aliphatic carbocycles. The number of aromatic nitrogens is 4. The van der Waals surface area contributed by atoms with Crippen molar-refractivity contribution in [3.8, 4) is 16.4 Å². The van der Waals surface area contributed by atoms with Crippen molar-refractivity contribution in [3.63, 3.8) is 0 Å². The van der Waals surface area contributed by atoms with Gasteiger partial charge in [-0.2, -0.15) is 4.68 Å². The highest BCUT2D eigenvalue weighted by atomic mass is 32.1. The monoisotopic (exact) mass is 300 g/mol. The number of hydrogen-bond donors (Lipinski definition) is 1. The minimum Gasteiger partial charge on any atom is -0.481 e. The summed E-state index contributed by atoms with van der Waals surface area (Å²) in [7, 11) is 0. The van der Waals surface area contributed by atoms with Crippen LogP contribution in [0.3, 0.4) is 0 Å². The van der Waals surface area contributed by atoms with E-state index in [1.54, 1.807) is 10.9 Å². The summed E-state index contributed by atoms with van der Waals surface area (Å²) < 4.78 is 1.58. The number of carboxylic acids is 1. The molecule has 3 aromatic rings. The lowest BCUT2D eigenvalue weighted by Crippen LogP contribution is -1.97. The lowest BCUT2D eigenvalue weighted by atomic mass is 10.2. The van der Waals surface area contributed by atoms with Gasteiger partial charge < -0.3 is 5.11 Å². The summed E-state index contributed by atoms with van der Waals surface area (Å²) in [6.07, 6.45) is 2.13. The minimum atomic E-state index is -0.842. The lowest BCUT2D eigenvalue weighted by Gasteiger charge is -1.94. The van der Waals surface area contributed by atoms with Crippen LogP contribution in [0.15, 0.2) is 41.9 Å². The number of aryl methyl sites for hydroxylation is 1. The van der Waals surface area contributed by atoms with Crippen LogP contribution in [0.2, 0.25) is 0 Å². The number of aliphatic carboxylic acids is 1. The van der Waals surface area contributed by atoms with Crippen LogP contribution in [0.25, 0.3) is 16.4 Å². The van der Waals surface area contributed by atoms with Gasteiger partial charge in [0.05, 0.1) is 24.0 Å². The molecule has 0 aliphatic heterocycles. The quantitative estimate of drug-likeness (QED) is 0.782. The van der Waals surface area contributed by atoms with Crippen LogP contribution in [-0.2, 0) is 11.2 Å². The maximum Gasteiger partial charge on any atom is 0.303 e. The number of nitrogens with zero attached hydrogens (tertiary/aromatic N) is 4. The predicted octanol–water partition coefficient (Wildman–Crippen LogP) is 2.41. The highest BCUT2D eigenvalue weighted by Gasteiger charge is 2.09. The van der Waals surface area contributed by atoms with E-state index in [0.717, 1.165) is 11.3 Å². The van der Waals surface area contributed by atoms with Gasteiger partial charge in [-0.05, 0) is 0 Å². The second-order valence-electron chi connectivity index (χ2n) is 4.43. The fraction of sp³-hybridized carbons (Fsp3) is 0.143. The average Bonchev–Trinajstić information content (AvgIpc) is 3.15. The third-order valence-electron chi connectivity index (χ3n) is 2.89. The van der Waals surface area contributed by atoms with E-state index in [1.807, 2.05) is 35.7 Å². The first-order valence-corrected chi connectivity index (χ1v) is 7.24. The number of rotatable bonds is 5. The van der Waals surface area contributed by atoms with Gasteiger partial charge in [-0.15, -0.1) is 16.4 Å². The SMILES string of the molecule is O=C(O)CCc1cn(-c2nc(-c3ccccc3)cs2)nn1. The van der Waals surface area contributed by atoms with Gasteiger partial charge in [-0.25, -0.2) is 4.98 Å². The van der Waals surface area contributed by atoms with Crippen LogP contribution in [0.1, 0.15) is 12.1 Å². The Morgan fingerprint density at radius 3 is 2.86 bits per heavy atom. The Labute approximate surface area is 124 Å². The van der Waals surface area contributed by atoms with Crippen molar-refractivity contribution < 1.29 is 9.90 Å². The minimum absolute atomic E-state index is 0.0474. The van der Waals surface area contributed by atoms with E-state index in [1.165, 1.54) is 11.3 Å². The van der Waals surface area contributed by atoms with Gasteiger partial charge in [0.25, 0.3) is 0 Å². The highest BCUT2D eigenvalue weighted by Crippen LogP contribution is 2.23. The number of carboxylic acid groups (broad SMARTS) is 1. The molecule has 21 heavy (non-hydrogen) atoms. The van der Waals surface area contributed by atoms with Crippen molar-refractivity contribution in [2.45, 2.75) is 12.8 Å². The van der Waals surface area contributed by atoms with Crippen LogP contribution in [0, 0.1) is 0 Å². The van der Waals surface area contributed by atoms with E-state index < -0.39 is 5.97 Å². The van der Waals surface area contributed by atoms with Crippen molar-refractivity contribution in [1.29, 1.82) is 0 Å². The molecule has 2 heterocycles. The normalized spacial score (nSPS) is 10.7. The number of hydrogen-bond acceptors (Lipinski definition) is 5. The molecule has 0 bridgehead atoms. The van der Waals surface area contributed by atoms with E-state index in [9.17, 15) is 4.79 Å². The Balaban J connectivity index is 1.79. The van der Waals surface area contributed by atoms with Crippen molar-refractivity contribution in [3.05, 3.63) is 47.6 Å². The van der Waals surface area contributed by atoms with Gasteiger partial charge in [0.15, 0.2) is 0 Å². The third-order valence-corrected chi connectivity index (χ3v) is 3.72. The van der Waals surface area contributed by atoms with Crippen LogP contribution in [0.5, 0.6) is 0 Å². The molecule has 0 spiro atoms. The number of carbonyl (C=O) groups is 1. The molecular weight excluding hydrogens is 288 g/mol. The maximum atomic E-state index is 10.5. The Morgan fingerprint density at radius 1 is 1.29 bits per heavy atom. The average molecular weight is 300 g/mol. The molecule has 0 saturated heterocycles. The molecule has 0 unspecified atom stereocenters. The molecule has 7 heteroatoms. The zero-order valence-corrected chi connectivity index (χ0v) is 11.8. The van der Waals surface area contributed by atoms with Crippen molar-refractivity contribution >= 4 is 17.3 Å². The second kappa shape index (κ2) is 5.84. The number of benzene rings is 1. The third kappa shape index (κ3) is 3.14. The lowest BCUT2D eigenvalue weighted by molar-refractivity contribution is -0.136. The summed E-state index contributed by atoms with van der Waals surface area (Å²) in [6, 6.07) is 9.89.